The first-order valence-electron chi connectivity index (χ1n) is 9.85. The fourth-order valence-corrected chi connectivity index (χ4v) is 4.13. The summed E-state index contributed by atoms with van der Waals surface area (Å²) in [6, 6.07) is 17.1. The van der Waals surface area contributed by atoms with Crippen LogP contribution in [0.25, 0.3) is 0 Å². The first-order valence-corrected chi connectivity index (χ1v) is 10.7. The van der Waals surface area contributed by atoms with Gasteiger partial charge in [-0.2, -0.15) is 13.2 Å². The molecule has 0 bridgehead atoms. The molecular formula is C25H19F4NS. The average molecular weight is 441 g/mol. The number of halogens is 4. The normalized spacial score (nSPS) is 14.3. The standard InChI is InChI=1S/C25H19F4NS/c26-21-9-12-23(13-10-21)31-15-14-24(18-4-7-20(8-5-18)25(27,28)29)30-22-11-6-17-2-1-3-19(17)16-22/h4-16H,1-3H2. The van der Waals surface area contributed by atoms with Crippen LogP contribution in [0.1, 0.15) is 28.7 Å². The molecule has 1 nitrogen and oxygen atoms in total. The fraction of sp³-hybridized carbons (Fsp3) is 0.160. The summed E-state index contributed by atoms with van der Waals surface area (Å²) in [6.45, 7) is 0. The van der Waals surface area contributed by atoms with Crippen LogP contribution in [-0.2, 0) is 19.0 Å². The number of nitrogens with zero attached hydrogens (tertiary/aromatic N) is 1. The molecule has 0 radical (unpaired) electrons. The highest BCUT2D eigenvalue weighted by molar-refractivity contribution is 8.02. The van der Waals surface area contributed by atoms with Gasteiger partial charge in [0.2, 0.25) is 0 Å². The molecule has 0 aromatic heterocycles. The lowest BCUT2D eigenvalue weighted by molar-refractivity contribution is -0.137. The number of fused-ring (bicyclic) bond motifs is 1. The molecule has 6 heteroatoms. The third-order valence-corrected chi connectivity index (χ3v) is 5.90. The molecule has 0 spiro atoms. The summed E-state index contributed by atoms with van der Waals surface area (Å²) in [5.74, 6) is -0.308. The Morgan fingerprint density at radius 3 is 2.29 bits per heavy atom. The van der Waals surface area contributed by atoms with E-state index in [4.69, 9.17) is 4.99 Å². The smallest absolute Gasteiger partial charge is 0.248 e. The van der Waals surface area contributed by atoms with Crippen molar-refractivity contribution < 1.29 is 17.6 Å². The minimum Gasteiger partial charge on any atom is -0.248 e. The molecular weight excluding hydrogens is 422 g/mol. The van der Waals surface area contributed by atoms with E-state index in [1.54, 1.807) is 23.6 Å². The van der Waals surface area contributed by atoms with E-state index < -0.39 is 11.7 Å². The maximum absolute atomic E-state index is 13.1. The van der Waals surface area contributed by atoms with Gasteiger partial charge >= 0.3 is 6.18 Å². The number of alkyl halides is 3. The lowest BCUT2D eigenvalue weighted by Gasteiger charge is -2.08. The van der Waals surface area contributed by atoms with E-state index in [1.807, 2.05) is 12.1 Å². The van der Waals surface area contributed by atoms with Crippen molar-refractivity contribution in [2.45, 2.75) is 30.3 Å². The Bertz CT molecular complexity index is 1110. The maximum atomic E-state index is 13.1. The van der Waals surface area contributed by atoms with E-state index in [9.17, 15) is 17.6 Å². The number of hydrogen-bond acceptors (Lipinski definition) is 2. The first kappa shape index (κ1) is 21.4. The second-order valence-electron chi connectivity index (χ2n) is 7.25. The predicted molar refractivity (Wildman–Crippen MR) is 118 cm³/mol. The number of aliphatic imine (C=N–C) groups is 1. The summed E-state index contributed by atoms with van der Waals surface area (Å²) in [5, 5.41) is 1.80. The minimum absolute atomic E-state index is 0.308. The second kappa shape index (κ2) is 9.10. The van der Waals surface area contributed by atoms with Crippen LogP contribution in [-0.4, -0.2) is 5.71 Å². The van der Waals surface area contributed by atoms with Crippen molar-refractivity contribution in [3.05, 3.63) is 106 Å². The van der Waals surface area contributed by atoms with E-state index in [-0.39, 0.29) is 5.82 Å². The van der Waals surface area contributed by atoms with Crippen LogP contribution in [0.3, 0.4) is 0 Å². The molecule has 3 aromatic carbocycles. The van der Waals surface area contributed by atoms with Crippen LogP contribution in [0.4, 0.5) is 23.2 Å². The summed E-state index contributed by atoms with van der Waals surface area (Å²) in [7, 11) is 0. The molecule has 1 aliphatic rings. The Hall–Kier alpha value is -2.86. The molecule has 0 fully saturated rings. The van der Waals surface area contributed by atoms with Crippen molar-refractivity contribution in [2.24, 2.45) is 4.99 Å². The van der Waals surface area contributed by atoms with Gasteiger partial charge in [-0.1, -0.05) is 30.0 Å². The van der Waals surface area contributed by atoms with Crippen LogP contribution in [0.5, 0.6) is 0 Å². The molecule has 4 rings (SSSR count). The maximum Gasteiger partial charge on any atom is 0.416 e. The number of thioether (sulfide) groups is 1. The Balaban J connectivity index is 1.64. The number of allylic oxidation sites excluding steroid dienone is 1. The van der Waals surface area contributed by atoms with E-state index in [0.717, 1.165) is 42.0 Å². The fourth-order valence-electron chi connectivity index (χ4n) is 3.49. The van der Waals surface area contributed by atoms with E-state index in [1.165, 1.54) is 47.2 Å². The highest BCUT2D eigenvalue weighted by atomic mass is 32.2. The van der Waals surface area contributed by atoms with Crippen molar-refractivity contribution >= 4 is 23.2 Å². The van der Waals surface area contributed by atoms with Gasteiger partial charge in [0, 0.05) is 10.5 Å². The van der Waals surface area contributed by atoms with Crippen molar-refractivity contribution in [3.8, 4) is 0 Å². The summed E-state index contributed by atoms with van der Waals surface area (Å²) in [5.41, 5.74) is 3.82. The zero-order chi connectivity index (χ0) is 21.8. The molecule has 0 amide bonds. The molecule has 0 unspecified atom stereocenters. The minimum atomic E-state index is -4.38. The van der Waals surface area contributed by atoms with Crippen LogP contribution in [0.2, 0.25) is 0 Å². The summed E-state index contributed by atoms with van der Waals surface area (Å²) in [6.07, 6.45) is 0.598. The van der Waals surface area contributed by atoms with Crippen LogP contribution in [0, 0.1) is 5.82 Å². The van der Waals surface area contributed by atoms with Gasteiger partial charge in [-0.05, 0) is 90.4 Å². The third-order valence-electron chi connectivity index (χ3n) is 5.08. The molecule has 158 valence electrons. The van der Waals surface area contributed by atoms with Gasteiger partial charge in [0.1, 0.15) is 5.82 Å². The number of aryl methyl sites for hydroxylation is 2. The Kier molecular flexibility index (Phi) is 6.28. The number of rotatable bonds is 5. The molecule has 0 aliphatic heterocycles. The van der Waals surface area contributed by atoms with E-state index in [2.05, 4.69) is 6.07 Å². The van der Waals surface area contributed by atoms with Gasteiger partial charge in [-0.3, -0.25) is 0 Å². The summed E-state index contributed by atoms with van der Waals surface area (Å²) < 4.78 is 51.9. The molecule has 3 aromatic rings. The molecule has 0 atom stereocenters. The predicted octanol–water partition coefficient (Wildman–Crippen LogP) is 7.76. The zero-order valence-electron chi connectivity index (χ0n) is 16.5. The van der Waals surface area contributed by atoms with Crippen molar-refractivity contribution in [2.75, 3.05) is 0 Å². The van der Waals surface area contributed by atoms with Gasteiger partial charge in [0.05, 0.1) is 17.0 Å². The zero-order valence-corrected chi connectivity index (χ0v) is 17.3. The Labute approximate surface area is 182 Å². The monoisotopic (exact) mass is 441 g/mol. The number of hydrogen-bond donors (Lipinski definition) is 0. The summed E-state index contributed by atoms with van der Waals surface area (Å²) >= 11 is 1.38. The Morgan fingerprint density at radius 2 is 1.58 bits per heavy atom. The highest BCUT2D eigenvalue weighted by Gasteiger charge is 2.30. The first-order chi connectivity index (χ1) is 14.9. The van der Waals surface area contributed by atoms with Gasteiger partial charge in [-0.25, -0.2) is 9.38 Å². The van der Waals surface area contributed by atoms with E-state index in [0.29, 0.717) is 11.3 Å². The lowest BCUT2D eigenvalue weighted by atomic mass is 10.1. The SMILES string of the molecule is Fc1ccc(SC=CC(=Nc2ccc3c(c2)CCC3)c2ccc(C(F)(F)F)cc2)cc1. The molecule has 1 aliphatic carbocycles. The van der Waals surface area contributed by atoms with Crippen molar-refractivity contribution in [3.63, 3.8) is 0 Å². The lowest BCUT2D eigenvalue weighted by Crippen LogP contribution is -2.05. The van der Waals surface area contributed by atoms with Gasteiger partial charge in [0.25, 0.3) is 0 Å². The summed E-state index contributed by atoms with van der Waals surface area (Å²) in [4.78, 5) is 5.57. The molecule has 31 heavy (non-hydrogen) atoms. The quantitative estimate of drug-likeness (QED) is 0.224. The second-order valence-corrected chi connectivity index (χ2v) is 8.23. The molecule has 0 saturated heterocycles. The third kappa shape index (κ3) is 5.44. The molecule has 0 saturated carbocycles. The Morgan fingerprint density at radius 1 is 0.871 bits per heavy atom. The van der Waals surface area contributed by atoms with Gasteiger partial charge in [-0.15, -0.1) is 0 Å². The largest absolute Gasteiger partial charge is 0.416 e. The topological polar surface area (TPSA) is 12.4 Å². The van der Waals surface area contributed by atoms with Crippen LogP contribution in [0.15, 0.2) is 88.1 Å². The van der Waals surface area contributed by atoms with Gasteiger partial charge < -0.3 is 0 Å². The average Bonchev–Trinajstić information content (AvgIpc) is 3.22. The molecule has 0 heterocycles. The van der Waals surface area contributed by atoms with Crippen molar-refractivity contribution in [1.82, 2.24) is 0 Å². The highest BCUT2D eigenvalue weighted by Crippen LogP contribution is 2.30. The van der Waals surface area contributed by atoms with Crippen LogP contribution < -0.4 is 0 Å². The van der Waals surface area contributed by atoms with Crippen LogP contribution >= 0.6 is 11.8 Å². The number of benzene rings is 3. The van der Waals surface area contributed by atoms with E-state index >= 15 is 0 Å². The van der Waals surface area contributed by atoms with Gasteiger partial charge in [0.15, 0.2) is 0 Å². The molecule has 0 N–H and O–H groups in total. The van der Waals surface area contributed by atoms with Crippen molar-refractivity contribution in [1.29, 1.82) is 0 Å².